The average molecular weight is 417 g/mol. The summed E-state index contributed by atoms with van der Waals surface area (Å²) in [5, 5.41) is 2.80. The molecule has 2 aromatic rings. The highest BCUT2D eigenvalue weighted by Crippen LogP contribution is 2.22. The number of rotatable bonds is 6. The molecule has 29 heavy (non-hydrogen) atoms. The standard InChI is InChI=1S/C22H28N2O4S/c1-22(2,3)17-8-6-16(7-9-17)21(25)24-18-10-12-20(13-11-18)29(26,27)23-15-19-5-4-14-28-19/h6-13,19,23H,4-5,14-15H2,1-3H3,(H,24,25)/t19-/m1/s1. The lowest BCUT2D eigenvalue weighted by Gasteiger charge is -2.19. The Morgan fingerprint density at radius 3 is 2.28 bits per heavy atom. The van der Waals surface area contributed by atoms with Crippen LogP contribution in [0.2, 0.25) is 0 Å². The summed E-state index contributed by atoms with van der Waals surface area (Å²) >= 11 is 0. The highest BCUT2D eigenvalue weighted by atomic mass is 32.2. The predicted octanol–water partition coefficient (Wildman–Crippen LogP) is 3.69. The number of anilines is 1. The maximum Gasteiger partial charge on any atom is 0.255 e. The van der Waals surface area contributed by atoms with E-state index in [1.807, 2.05) is 12.1 Å². The molecule has 0 radical (unpaired) electrons. The number of hydrogen-bond donors (Lipinski definition) is 2. The molecule has 0 spiro atoms. The van der Waals surface area contributed by atoms with E-state index in [4.69, 9.17) is 4.74 Å². The molecule has 7 heteroatoms. The normalized spacial score (nSPS) is 17.3. The molecule has 0 unspecified atom stereocenters. The Hall–Kier alpha value is -2.22. The molecule has 0 aromatic heterocycles. The van der Waals surface area contributed by atoms with Gasteiger partial charge in [-0.05, 0) is 60.2 Å². The first-order chi connectivity index (χ1) is 13.6. The molecule has 1 fully saturated rings. The quantitative estimate of drug-likeness (QED) is 0.752. The largest absolute Gasteiger partial charge is 0.377 e. The van der Waals surface area contributed by atoms with E-state index in [1.165, 1.54) is 12.1 Å². The van der Waals surface area contributed by atoms with E-state index in [0.29, 0.717) is 17.9 Å². The van der Waals surface area contributed by atoms with Gasteiger partial charge in [0.15, 0.2) is 0 Å². The van der Waals surface area contributed by atoms with Crippen molar-refractivity contribution in [2.24, 2.45) is 0 Å². The number of carbonyl (C=O) groups excluding carboxylic acids is 1. The fourth-order valence-electron chi connectivity index (χ4n) is 3.13. The van der Waals surface area contributed by atoms with Gasteiger partial charge in [0.25, 0.3) is 5.91 Å². The van der Waals surface area contributed by atoms with Gasteiger partial charge in [-0.25, -0.2) is 13.1 Å². The highest BCUT2D eigenvalue weighted by molar-refractivity contribution is 7.89. The van der Waals surface area contributed by atoms with E-state index >= 15 is 0 Å². The highest BCUT2D eigenvalue weighted by Gasteiger charge is 2.20. The molecule has 6 nitrogen and oxygen atoms in total. The first-order valence-corrected chi connectivity index (χ1v) is 11.3. The summed E-state index contributed by atoms with van der Waals surface area (Å²) in [4.78, 5) is 12.6. The Balaban J connectivity index is 1.61. The van der Waals surface area contributed by atoms with Crippen molar-refractivity contribution < 1.29 is 17.9 Å². The van der Waals surface area contributed by atoms with Crippen molar-refractivity contribution in [2.75, 3.05) is 18.5 Å². The molecule has 1 saturated heterocycles. The number of ether oxygens (including phenoxy) is 1. The van der Waals surface area contributed by atoms with E-state index in [-0.39, 0.29) is 28.9 Å². The number of nitrogens with one attached hydrogen (secondary N) is 2. The third-order valence-corrected chi connectivity index (χ3v) is 6.40. The summed E-state index contributed by atoms with van der Waals surface area (Å²) in [5.41, 5.74) is 2.26. The topological polar surface area (TPSA) is 84.5 Å². The Morgan fingerprint density at radius 1 is 1.07 bits per heavy atom. The van der Waals surface area contributed by atoms with Crippen molar-refractivity contribution in [3.63, 3.8) is 0 Å². The smallest absolute Gasteiger partial charge is 0.255 e. The third-order valence-electron chi connectivity index (χ3n) is 4.96. The molecule has 0 aliphatic carbocycles. The van der Waals surface area contributed by atoms with E-state index in [2.05, 4.69) is 30.8 Å². The minimum Gasteiger partial charge on any atom is -0.377 e. The molecule has 156 valence electrons. The van der Waals surface area contributed by atoms with Crippen molar-refractivity contribution in [3.8, 4) is 0 Å². The number of carbonyl (C=O) groups is 1. The van der Waals surface area contributed by atoms with E-state index in [9.17, 15) is 13.2 Å². The van der Waals surface area contributed by atoms with Crippen molar-refractivity contribution in [1.82, 2.24) is 4.72 Å². The van der Waals surface area contributed by atoms with Crippen LogP contribution in [0.5, 0.6) is 0 Å². The van der Waals surface area contributed by atoms with Crippen LogP contribution in [0.1, 0.15) is 49.5 Å². The van der Waals surface area contributed by atoms with Crippen LogP contribution in [0, 0.1) is 0 Å². The zero-order valence-electron chi connectivity index (χ0n) is 17.1. The van der Waals surface area contributed by atoms with Crippen LogP contribution in [0.15, 0.2) is 53.4 Å². The molecule has 1 aliphatic rings. The summed E-state index contributed by atoms with van der Waals surface area (Å²) < 4.78 is 32.8. The zero-order valence-corrected chi connectivity index (χ0v) is 17.9. The van der Waals surface area contributed by atoms with E-state index < -0.39 is 10.0 Å². The van der Waals surface area contributed by atoms with Gasteiger partial charge in [0.05, 0.1) is 11.0 Å². The van der Waals surface area contributed by atoms with Gasteiger partial charge in [-0.2, -0.15) is 0 Å². The second kappa shape index (κ2) is 8.65. The lowest BCUT2D eigenvalue weighted by molar-refractivity contribution is 0.102. The summed E-state index contributed by atoms with van der Waals surface area (Å²) in [7, 11) is -3.61. The van der Waals surface area contributed by atoms with Gasteiger partial charge in [-0.1, -0.05) is 32.9 Å². The second-order valence-corrected chi connectivity index (χ2v) is 10.1. The zero-order chi connectivity index (χ0) is 21.1. The fraction of sp³-hybridized carbons (Fsp3) is 0.409. The second-order valence-electron chi connectivity index (χ2n) is 8.29. The predicted molar refractivity (Wildman–Crippen MR) is 114 cm³/mol. The number of benzene rings is 2. The summed E-state index contributed by atoms with van der Waals surface area (Å²) in [6.45, 7) is 7.30. The minimum absolute atomic E-state index is 0.0221. The van der Waals surface area contributed by atoms with Crippen molar-refractivity contribution in [1.29, 1.82) is 0 Å². The Bertz CT molecular complexity index is 940. The maximum absolute atomic E-state index is 12.5. The lowest BCUT2D eigenvalue weighted by atomic mass is 9.87. The Labute approximate surface area is 172 Å². The maximum atomic E-state index is 12.5. The SMILES string of the molecule is CC(C)(C)c1ccc(C(=O)Nc2ccc(S(=O)(=O)NC[C@H]3CCCO3)cc2)cc1. The van der Waals surface area contributed by atoms with Crippen LogP contribution in [0.25, 0.3) is 0 Å². The Kier molecular flexibility index (Phi) is 6.41. The number of sulfonamides is 1. The fourth-order valence-corrected chi connectivity index (χ4v) is 4.20. The molecule has 3 rings (SSSR count). The van der Waals surface area contributed by atoms with Gasteiger partial charge >= 0.3 is 0 Å². The summed E-state index contributed by atoms with van der Waals surface area (Å²) in [6.07, 6.45) is 1.76. The van der Waals surface area contributed by atoms with Crippen molar-refractivity contribution >= 4 is 21.6 Å². The summed E-state index contributed by atoms with van der Waals surface area (Å²) in [5.74, 6) is -0.238. The molecule has 1 heterocycles. The van der Waals surface area contributed by atoms with Crippen molar-refractivity contribution in [2.45, 2.75) is 50.0 Å². The lowest BCUT2D eigenvalue weighted by Crippen LogP contribution is -2.31. The average Bonchev–Trinajstić information content (AvgIpc) is 3.20. The number of hydrogen-bond acceptors (Lipinski definition) is 4. The van der Waals surface area contributed by atoms with Gasteiger partial charge in [0, 0.05) is 24.4 Å². The third kappa shape index (κ3) is 5.65. The molecular formula is C22H28N2O4S. The monoisotopic (exact) mass is 416 g/mol. The first-order valence-electron chi connectivity index (χ1n) is 9.78. The molecule has 1 amide bonds. The molecular weight excluding hydrogens is 388 g/mol. The van der Waals surface area contributed by atoms with Crippen LogP contribution in [0.3, 0.4) is 0 Å². The molecule has 1 aliphatic heterocycles. The molecule has 1 atom stereocenters. The Morgan fingerprint density at radius 2 is 1.72 bits per heavy atom. The van der Waals surface area contributed by atoms with Crippen LogP contribution < -0.4 is 10.0 Å². The number of amides is 1. The minimum atomic E-state index is -3.61. The van der Waals surface area contributed by atoms with E-state index in [0.717, 1.165) is 18.4 Å². The van der Waals surface area contributed by atoms with Gasteiger partial charge in [0.1, 0.15) is 0 Å². The van der Waals surface area contributed by atoms with Crippen LogP contribution in [0.4, 0.5) is 5.69 Å². The van der Waals surface area contributed by atoms with Crippen molar-refractivity contribution in [3.05, 3.63) is 59.7 Å². The molecule has 0 bridgehead atoms. The molecule has 2 N–H and O–H groups in total. The van der Waals surface area contributed by atoms with Gasteiger partial charge < -0.3 is 10.1 Å². The van der Waals surface area contributed by atoms with Crippen LogP contribution >= 0.6 is 0 Å². The first kappa shape index (κ1) is 21.5. The summed E-state index contributed by atoms with van der Waals surface area (Å²) in [6, 6.07) is 13.6. The van der Waals surface area contributed by atoms with Crippen LogP contribution in [-0.4, -0.2) is 33.6 Å². The molecule has 0 saturated carbocycles. The van der Waals surface area contributed by atoms with Gasteiger partial charge in [-0.3, -0.25) is 4.79 Å². The van der Waals surface area contributed by atoms with Gasteiger partial charge in [0.2, 0.25) is 10.0 Å². The van der Waals surface area contributed by atoms with E-state index in [1.54, 1.807) is 24.3 Å². The van der Waals surface area contributed by atoms with Crippen LogP contribution in [-0.2, 0) is 20.2 Å². The van der Waals surface area contributed by atoms with Gasteiger partial charge in [-0.15, -0.1) is 0 Å². The molecule has 2 aromatic carbocycles.